The number of nitrogens with zero attached hydrogens (tertiary/aromatic N) is 6. The lowest BCUT2D eigenvalue weighted by atomic mass is 10.0. The number of cyclic esters (lactones) is 1. The first-order chi connectivity index (χ1) is 15.6. The zero-order valence-corrected chi connectivity index (χ0v) is 16.8. The molecule has 5 rings (SSSR count). The van der Waals surface area contributed by atoms with E-state index < -0.39 is 18.0 Å². The van der Waals surface area contributed by atoms with Gasteiger partial charge < -0.3 is 14.7 Å². The predicted molar refractivity (Wildman–Crippen MR) is 110 cm³/mol. The molecule has 11 heteroatoms. The van der Waals surface area contributed by atoms with Gasteiger partial charge >= 0.3 is 6.09 Å². The molecule has 2 aromatic heterocycles. The molecule has 1 saturated heterocycles. The van der Waals surface area contributed by atoms with Crippen molar-refractivity contribution in [1.29, 1.82) is 0 Å². The lowest BCUT2D eigenvalue weighted by Crippen LogP contribution is -2.26. The highest BCUT2D eigenvalue weighted by Crippen LogP contribution is 2.29. The normalized spacial score (nSPS) is 20.2. The Morgan fingerprint density at radius 3 is 2.81 bits per heavy atom. The average molecular weight is 438 g/mol. The van der Waals surface area contributed by atoms with E-state index in [-0.39, 0.29) is 19.3 Å². The number of anilines is 1. The molecule has 1 aromatic carbocycles. The number of hydrogen-bond acceptors (Lipinski definition) is 8. The van der Waals surface area contributed by atoms with Crippen LogP contribution in [0.2, 0.25) is 0 Å². The van der Waals surface area contributed by atoms with Crippen molar-refractivity contribution in [1.82, 2.24) is 20.0 Å². The van der Waals surface area contributed by atoms with Crippen LogP contribution in [-0.2, 0) is 16.1 Å². The Bertz CT molecular complexity index is 1150. The molecule has 0 radical (unpaired) electrons. The first kappa shape index (κ1) is 20.1. The Balaban J connectivity index is 1.30. The summed E-state index contributed by atoms with van der Waals surface area (Å²) in [7, 11) is 0. The highest BCUT2D eigenvalue weighted by atomic mass is 19.1. The molecule has 164 valence electrons. The zero-order valence-electron chi connectivity index (χ0n) is 16.8. The number of halogens is 1. The number of aliphatic hydroxyl groups is 1. The van der Waals surface area contributed by atoms with E-state index in [1.807, 2.05) is 0 Å². The van der Waals surface area contributed by atoms with Crippen molar-refractivity contribution in [3.8, 4) is 11.1 Å². The molecule has 1 amide bonds. The summed E-state index contributed by atoms with van der Waals surface area (Å²) in [6.45, 7) is 0.539. The van der Waals surface area contributed by atoms with Crippen LogP contribution in [0.3, 0.4) is 0 Å². The molecule has 10 nitrogen and oxygen atoms in total. The van der Waals surface area contributed by atoms with Crippen LogP contribution in [0.5, 0.6) is 0 Å². The molecule has 0 saturated carbocycles. The highest BCUT2D eigenvalue weighted by molar-refractivity contribution is 5.99. The summed E-state index contributed by atoms with van der Waals surface area (Å²) in [5.74, 6) is -0.480. The van der Waals surface area contributed by atoms with Crippen LogP contribution in [-0.4, -0.2) is 62.2 Å². The van der Waals surface area contributed by atoms with Crippen molar-refractivity contribution in [3.63, 3.8) is 0 Å². The van der Waals surface area contributed by atoms with Gasteiger partial charge in [-0.15, -0.1) is 5.10 Å². The van der Waals surface area contributed by atoms with Gasteiger partial charge in [0.15, 0.2) is 6.10 Å². The molecule has 0 spiro atoms. The molecular weight excluding hydrogens is 419 g/mol. The van der Waals surface area contributed by atoms with E-state index in [4.69, 9.17) is 14.7 Å². The van der Waals surface area contributed by atoms with Crippen molar-refractivity contribution < 1.29 is 23.9 Å². The second-order valence-electron chi connectivity index (χ2n) is 7.49. The second-order valence-corrected chi connectivity index (χ2v) is 7.49. The minimum atomic E-state index is -0.533. The van der Waals surface area contributed by atoms with Crippen molar-refractivity contribution in [2.75, 3.05) is 18.1 Å². The fourth-order valence-corrected chi connectivity index (χ4v) is 3.67. The van der Waals surface area contributed by atoms with Gasteiger partial charge in [0.2, 0.25) is 0 Å². The molecule has 32 heavy (non-hydrogen) atoms. The molecule has 0 bridgehead atoms. The number of aliphatic hydroxyl groups excluding tert-OH is 1. The number of benzene rings is 1. The minimum Gasteiger partial charge on any atom is -0.442 e. The molecule has 2 aliphatic heterocycles. The number of pyridine rings is 1. The zero-order chi connectivity index (χ0) is 22.1. The summed E-state index contributed by atoms with van der Waals surface area (Å²) in [6.07, 6.45) is 3.96. The number of hydrogen-bond donors (Lipinski definition) is 1. The monoisotopic (exact) mass is 438 g/mol. The Labute approximate surface area is 181 Å². The molecule has 1 N–H and O–H groups in total. The second kappa shape index (κ2) is 8.35. The summed E-state index contributed by atoms with van der Waals surface area (Å²) < 4.78 is 21.9. The predicted octanol–water partition coefficient (Wildman–Crippen LogP) is 1.99. The van der Waals surface area contributed by atoms with Gasteiger partial charge in [0, 0.05) is 29.9 Å². The van der Waals surface area contributed by atoms with Gasteiger partial charge in [0.05, 0.1) is 37.3 Å². The minimum absolute atomic E-state index is 0.117. The Kier molecular flexibility index (Phi) is 5.23. The van der Waals surface area contributed by atoms with Gasteiger partial charge in [-0.25, -0.2) is 13.9 Å². The van der Waals surface area contributed by atoms with Crippen molar-refractivity contribution in [3.05, 3.63) is 60.4 Å². The number of amides is 1. The molecule has 1 fully saturated rings. The van der Waals surface area contributed by atoms with E-state index in [2.05, 4.69) is 20.5 Å². The van der Waals surface area contributed by atoms with Gasteiger partial charge in [-0.3, -0.25) is 9.88 Å². The van der Waals surface area contributed by atoms with E-state index in [1.165, 1.54) is 11.0 Å². The average Bonchev–Trinajstić information content (AvgIpc) is 3.56. The van der Waals surface area contributed by atoms with E-state index in [1.54, 1.807) is 47.5 Å². The van der Waals surface area contributed by atoms with Gasteiger partial charge in [0.1, 0.15) is 17.6 Å². The third kappa shape index (κ3) is 3.89. The summed E-state index contributed by atoms with van der Waals surface area (Å²) in [5, 5.41) is 20.7. The Hall–Kier alpha value is -3.86. The Morgan fingerprint density at radius 1 is 1.22 bits per heavy atom. The summed E-state index contributed by atoms with van der Waals surface area (Å²) in [5.41, 5.74) is 2.61. The van der Waals surface area contributed by atoms with Gasteiger partial charge in [0.25, 0.3) is 0 Å². The molecule has 3 aromatic rings. The smallest absolute Gasteiger partial charge is 0.414 e. The van der Waals surface area contributed by atoms with Gasteiger partial charge in [-0.2, -0.15) is 0 Å². The SMILES string of the molecule is O=C1O[C@@H](Cn2ccnn2)CN1c1ccc(-c2ccc(C3=NO[C@@H](CO)C3)nc2)c(F)c1. The lowest BCUT2D eigenvalue weighted by molar-refractivity contribution is 0.0390. The molecule has 2 aliphatic rings. The third-order valence-electron chi connectivity index (χ3n) is 5.31. The maximum Gasteiger partial charge on any atom is 0.414 e. The first-order valence-corrected chi connectivity index (χ1v) is 10.0. The number of carbonyl (C=O) groups is 1. The molecule has 0 unspecified atom stereocenters. The Morgan fingerprint density at radius 2 is 2.12 bits per heavy atom. The van der Waals surface area contributed by atoms with E-state index in [9.17, 15) is 9.18 Å². The number of carbonyl (C=O) groups excluding carboxylic acids is 1. The number of rotatable bonds is 6. The summed E-state index contributed by atoms with van der Waals surface area (Å²) in [6, 6.07) is 8.07. The molecule has 4 heterocycles. The van der Waals surface area contributed by atoms with Crippen LogP contribution >= 0.6 is 0 Å². The van der Waals surface area contributed by atoms with Crippen molar-refractivity contribution in [2.45, 2.75) is 25.2 Å². The van der Waals surface area contributed by atoms with Crippen LogP contribution in [0.25, 0.3) is 11.1 Å². The third-order valence-corrected chi connectivity index (χ3v) is 5.31. The topological polar surface area (TPSA) is 115 Å². The van der Waals surface area contributed by atoms with Crippen molar-refractivity contribution >= 4 is 17.5 Å². The summed E-state index contributed by atoms with van der Waals surface area (Å²) >= 11 is 0. The van der Waals surface area contributed by atoms with E-state index in [0.29, 0.717) is 41.2 Å². The quantitative estimate of drug-likeness (QED) is 0.626. The van der Waals surface area contributed by atoms with Crippen LogP contribution < -0.4 is 4.90 Å². The van der Waals surface area contributed by atoms with Crippen LogP contribution in [0.1, 0.15) is 12.1 Å². The highest BCUT2D eigenvalue weighted by Gasteiger charge is 2.33. The van der Waals surface area contributed by atoms with E-state index >= 15 is 0 Å². The molecular formula is C21H19FN6O4. The summed E-state index contributed by atoms with van der Waals surface area (Å²) in [4.78, 5) is 23.1. The van der Waals surface area contributed by atoms with Crippen molar-refractivity contribution in [2.24, 2.45) is 5.16 Å². The van der Waals surface area contributed by atoms with Crippen LogP contribution in [0, 0.1) is 5.82 Å². The first-order valence-electron chi connectivity index (χ1n) is 10.0. The lowest BCUT2D eigenvalue weighted by Gasteiger charge is -2.14. The molecule has 2 atom stereocenters. The number of oxime groups is 1. The van der Waals surface area contributed by atoms with Gasteiger partial charge in [-0.1, -0.05) is 16.4 Å². The number of ether oxygens (including phenoxy) is 1. The fourth-order valence-electron chi connectivity index (χ4n) is 3.67. The largest absolute Gasteiger partial charge is 0.442 e. The number of aromatic nitrogens is 4. The standard InChI is InChI=1S/C21H19FN6O4/c22-18-7-14(28-11-16(31-21(28)30)10-27-6-5-24-26-27)2-3-17(18)13-1-4-19(23-9-13)20-8-15(12-29)32-25-20/h1-7,9,15-16,29H,8,10-12H2/t15-,16+/m1/s1. The van der Waals surface area contributed by atoms with Crippen LogP contribution in [0.4, 0.5) is 14.9 Å². The fraction of sp³-hybridized carbons (Fsp3) is 0.286. The van der Waals surface area contributed by atoms with E-state index in [0.717, 1.165) is 0 Å². The maximum absolute atomic E-state index is 14.9. The van der Waals surface area contributed by atoms with Gasteiger partial charge in [-0.05, 0) is 24.3 Å². The molecule has 0 aliphatic carbocycles. The van der Waals surface area contributed by atoms with Crippen LogP contribution in [0.15, 0.2) is 54.1 Å². The maximum atomic E-state index is 14.9.